The second-order valence-corrected chi connectivity index (χ2v) is 8.65. The van der Waals surface area contributed by atoms with E-state index in [1.165, 1.54) is 23.9 Å². The van der Waals surface area contributed by atoms with Crippen LogP contribution in [0.3, 0.4) is 0 Å². The van der Waals surface area contributed by atoms with Crippen LogP contribution in [-0.4, -0.2) is 52.7 Å². The Morgan fingerprint density at radius 2 is 2.09 bits per heavy atom. The highest BCUT2D eigenvalue weighted by Crippen LogP contribution is 2.33. The Labute approximate surface area is 198 Å². The third kappa shape index (κ3) is 4.13. The Hall–Kier alpha value is -4.12. The van der Waals surface area contributed by atoms with Gasteiger partial charge in [0.05, 0.1) is 44.0 Å². The molecule has 0 radical (unpaired) electrons. The molecule has 0 fully saturated rings. The van der Waals surface area contributed by atoms with Crippen molar-refractivity contribution < 1.29 is 23.5 Å². The normalized spacial score (nSPS) is 12.8. The third-order valence-electron chi connectivity index (χ3n) is 5.51. The van der Waals surface area contributed by atoms with E-state index >= 15 is 0 Å². The number of thiazole rings is 1. The highest BCUT2D eigenvalue weighted by molar-refractivity contribution is 7.15. The van der Waals surface area contributed by atoms with Crippen molar-refractivity contribution in [2.75, 3.05) is 26.1 Å². The monoisotopic (exact) mass is 479 g/mol. The van der Waals surface area contributed by atoms with E-state index in [0.717, 1.165) is 16.1 Å². The number of hydrogen-bond donors (Lipinski definition) is 2. The van der Waals surface area contributed by atoms with E-state index in [-0.39, 0.29) is 11.8 Å². The van der Waals surface area contributed by atoms with Gasteiger partial charge in [-0.3, -0.25) is 20.0 Å². The van der Waals surface area contributed by atoms with E-state index in [1.807, 2.05) is 6.07 Å². The molecule has 0 atom stereocenters. The second-order valence-electron chi connectivity index (χ2n) is 7.56. The molecule has 0 spiro atoms. The lowest BCUT2D eigenvalue weighted by atomic mass is 10.1. The van der Waals surface area contributed by atoms with Crippen molar-refractivity contribution in [3.05, 3.63) is 64.7 Å². The molecule has 1 aromatic carbocycles. The zero-order valence-electron chi connectivity index (χ0n) is 18.5. The smallest absolute Gasteiger partial charge is 0.272 e. The molecule has 11 heteroatoms. The van der Waals surface area contributed by atoms with Gasteiger partial charge in [0.1, 0.15) is 23.5 Å². The Morgan fingerprint density at radius 3 is 2.85 bits per heavy atom. The topological polar surface area (TPSA) is 123 Å². The number of rotatable bonds is 6. The van der Waals surface area contributed by atoms with E-state index in [1.54, 1.807) is 43.4 Å². The minimum Gasteiger partial charge on any atom is -0.497 e. The van der Waals surface area contributed by atoms with Crippen LogP contribution in [0.1, 0.15) is 31.4 Å². The zero-order chi connectivity index (χ0) is 23.7. The fourth-order valence-electron chi connectivity index (χ4n) is 3.74. The number of methoxy groups -OCH3 is 2. The SMILES string of the molecule is COc1ccc(OC)c(-c2cc(C(=O)N3CCc4nc(NC(=O)c5ccoc5)sc4C3)[nH]n2)c1. The molecule has 0 saturated heterocycles. The van der Waals surface area contributed by atoms with Crippen molar-refractivity contribution in [2.45, 2.75) is 13.0 Å². The van der Waals surface area contributed by atoms with Crippen molar-refractivity contribution in [3.8, 4) is 22.8 Å². The fraction of sp³-hybridized carbons (Fsp3) is 0.217. The zero-order valence-corrected chi connectivity index (χ0v) is 19.3. The highest BCUT2D eigenvalue weighted by Gasteiger charge is 2.27. The number of ether oxygens (including phenoxy) is 2. The van der Waals surface area contributed by atoms with Crippen molar-refractivity contribution >= 4 is 28.3 Å². The van der Waals surface area contributed by atoms with Crippen LogP contribution in [0.15, 0.2) is 47.3 Å². The van der Waals surface area contributed by atoms with Crippen LogP contribution in [0.5, 0.6) is 11.5 Å². The van der Waals surface area contributed by atoms with Crippen molar-refractivity contribution in [1.29, 1.82) is 0 Å². The highest BCUT2D eigenvalue weighted by atomic mass is 32.1. The Balaban J connectivity index is 1.31. The van der Waals surface area contributed by atoms with Gasteiger partial charge in [0.15, 0.2) is 5.13 Å². The number of carbonyl (C=O) groups is 2. The molecule has 4 heterocycles. The first kappa shape index (κ1) is 21.7. The molecule has 5 rings (SSSR count). The number of benzene rings is 1. The van der Waals surface area contributed by atoms with Gasteiger partial charge in [0.25, 0.3) is 11.8 Å². The molecule has 0 bridgehead atoms. The minimum atomic E-state index is -0.286. The summed E-state index contributed by atoms with van der Waals surface area (Å²) < 4.78 is 15.7. The van der Waals surface area contributed by atoms with Crippen LogP contribution < -0.4 is 14.8 Å². The summed E-state index contributed by atoms with van der Waals surface area (Å²) in [5.41, 5.74) is 2.99. The van der Waals surface area contributed by atoms with Gasteiger partial charge in [-0.25, -0.2) is 4.98 Å². The molecule has 2 amide bonds. The summed E-state index contributed by atoms with van der Waals surface area (Å²) in [7, 11) is 3.17. The summed E-state index contributed by atoms with van der Waals surface area (Å²) in [6.07, 6.45) is 3.42. The number of nitrogens with one attached hydrogen (secondary N) is 2. The van der Waals surface area contributed by atoms with Crippen LogP contribution in [0.2, 0.25) is 0 Å². The van der Waals surface area contributed by atoms with Crippen LogP contribution in [0, 0.1) is 0 Å². The number of furan rings is 1. The van der Waals surface area contributed by atoms with E-state index in [4.69, 9.17) is 13.9 Å². The lowest BCUT2D eigenvalue weighted by Crippen LogP contribution is -2.35. The van der Waals surface area contributed by atoms with Crippen LogP contribution in [0.25, 0.3) is 11.3 Å². The van der Waals surface area contributed by atoms with Crippen LogP contribution >= 0.6 is 11.3 Å². The molecule has 34 heavy (non-hydrogen) atoms. The van der Waals surface area contributed by atoms with Crippen LogP contribution in [0.4, 0.5) is 5.13 Å². The number of carbonyl (C=O) groups excluding carboxylic acids is 2. The summed E-state index contributed by atoms with van der Waals surface area (Å²) in [5, 5.41) is 10.4. The first-order chi connectivity index (χ1) is 16.6. The Kier molecular flexibility index (Phi) is 5.76. The molecule has 3 aromatic heterocycles. The number of nitrogens with zero attached hydrogens (tertiary/aromatic N) is 3. The standard InChI is InChI=1S/C23H21N5O5S/c1-31-14-3-4-19(32-2)15(9-14)17-10-18(27-26-17)22(30)28-7-5-16-20(11-28)34-23(24-16)25-21(29)13-6-8-33-12-13/h3-4,6,8-10,12H,5,7,11H2,1-2H3,(H,26,27)(H,24,25,29). The molecule has 0 unspecified atom stereocenters. The molecular weight excluding hydrogens is 458 g/mol. The van der Waals surface area contributed by atoms with Gasteiger partial charge in [-0.15, -0.1) is 0 Å². The summed E-state index contributed by atoms with van der Waals surface area (Å²) in [4.78, 5) is 32.6. The summed E-state index contributed by atoms with van der Waals surface area (Å²) in [5.74, 6) is 0.842. The maximum atomic E-state index is 13.2. The third-order valence-corrected chi connectivity index (χ3v) is 6.51. The number of anilines is 1. The quantitative estimate of drug-likeness (QED) is 0.433. The predicted octanol–water partition coefficient (Wildman–Crippen LogP) is 3.59. The van der Waals surface area contributed by atoms with Crippen molar-refractivity contribution in [1.82, 2.24) is 20.1 Å². The van der Waals surface area contributed by atoms with Gasteiger partial charge in [-0.05, 0) is 30.3 Å². The van der Waals surface area contributed by atoms with Gasteiger partial charge in [-0.1, -0.05) is 11.3 Å². The number of aromatic amines is 1. The number of aromatic nitrogens is 3. The largest absolute Gasteiger partial charge is 0.497 e. The van der Waals surface area contributed by atoms with Gasteiger partial charge in [0, 0.05) is 23.4 Å². The predicted molar refractivity (Wildman–Crippen MR) is 124 cm³/mol. The molecule has 4 aromatic rings. The molecule has 1 aliphatic rings. The van der Waals surface area contributed by atoms with Gasteiger partial charge < -0.3 is 18.8 Å². The molecular formula is C23H21N5O5S. The van der Waals surface area contributed by atoms with Crippen LogP contribution in [-0.2, 0) is 13.0 Å². The average Bonchev–Trinajstić information content (AvgIpc) is 3.63. The van der Waals surface area contributed by atoms with Crippen molar-refractivity contribution in [2.24, 2.45) is 0 Å². The average molecular weight is 480 g/mol. The number of hydrogen-bond acceptors (Lipinski definition) is 8. The molecule has 1 aliphatic heterocycles. The fourth-order valence-corrected chi connectivity index (χ4v) is 4.76. The summed E-state index contributed by atoms with van der Waals surface area (Å²) in [6, 6.07) is 8.70. The maximum Gasteiger partial charge on any atom is 0.272 e. The summed E-state index contributed by atoms with van der Waals surface area (Å²) in [6.45, 7) is 0.922. The molecule has 0 aliphatic carbocycles. The van der Waals surface area contributed by atoms with Gasteiger partial charge in [-0.2, -0.15) is 5.10 Å². The first-order valence-corrected chi connectivity index (χ1v) is 11.3. The Morgan fingerprint density at radius 1 is 1.21 bits per heavy atom. The van der Waals surface area contributed by atoms with E-state index in [0.29, 0.717) is 53.1 Å². The maximum absolute atomic E-state index is 13.2. The number of fused-ring (bicyclic) bond motifs is 1. The van der Waals surface area contributed by atoms with E-state index < -0.39 is 0 Å². The molecule has 174 valence electrons. The van der Waals surface area contributed by atoms with Crippen molar-refractivity contribution in [3.63, 3.8) is 0 Å². The lowest BCUT2D eigenvalue weighted by Gasteiger charge is -2.25. The lowest BCUT2D eigenvalue weighted by molar-refractivity contribution is 0.0730. The number of H-pyrrole nitrogens is 1. The van der Waals surface area contributed by atoms with E-state index in [9.17, 15) is 9.59 Å². The summed E-state index contributed by atoms with van der Waals surface area (Å²) >= 11 is 1.36. The van der Waals surface area contributed by atoms with Gasteiger partial charge >= 0.3 is 0 Å². The molecule has 10 nitrogen and oxygen atoms in total. The van der Waals surface area contributed by atoms with E-state index in [2.05, 4.69) is 20.5 Å². The number of amides is 2. The minimum absolute atomic E-state index is 0.163. The van der Waals surface area contributed by atoms with Gasteiger partial charge in [0.2, 0.25) is 0 Å². The molecule has 0 saturated carbocycles. The Bertz CT molecular complexity index is 1340. The first-order valence-electron chi connectivity index (χ1n) is 10.4. The second kappa shape index (κ2) is 9.02. The molecule has 2 N–H and O–H groups in total.